The fourth-order valence-electron chi connectivity index (χ4n) is 6.49. The number of Topliss-reactive ketones (excluding diaryl/α,β-unsaturated/α-hetero) is 1. The van der Waals surface area contributed by atoms with E-state index in [0.717, 1.165) is 43.2 Å². The lowest BCUT2D eigenvalue weighted by Gasteiger charge is -2.50. The highest BCUT2D eigenvalue weighted by Gasteiger charge is 2.58. The molecule has 1 aromatic rings. The van der Waals surface area contributed by atoms with E-state index in [0.29, 0.717) is 36.4 Å². The first-order valence-corrected chi connectivity index (χ1v) is 10.4. The van der Waals surface area contributed by atoms with Gasteiger partial charge in [-0.2, -0.15) is 0 Å². The summed E-state index contributed by atoms with van der Waals surface area (Å²) in [6.45, 7) is 4.32. The number of nitro benzene ring substituents is 1. The van der Waals surface area contributed by atoms with Gasteiger partial charge in [-0.1, -0.05) is 31.9 Å². The van der Waals surface area contributed by atoms with Gasteiger partial charge in [0.25, 0.3) is 0 Å². The minimum Gasteiger partial charge on any atom is -0.501 e. The Bertz CT molecular complexity index is 823. The van der Waals surface area contributed by atoms with Crippen LogP contribution in [0.5, 0.6) is 5.75 Å². The second-order valence-electron chi connectivity index (χ2n) is 8.85. The quantitative estimate of drug-likeness (QED) is 0.552. The average Bonchev–Trinajstić information content (AvgIpc) is 2.88. The molecule has 0 aromatic heterocycles. The molecule has 5 unspecified atom stereocenters. The summed E-state index contributed by atoms with van der Waals surface area (Å²) < 4.78 is 0. The second kappa shape index (κ2) is 6.47. The molecule has 27 heavy (non-hydrogen) atoms. The molecule has 6 heteroatoms. The lowest BCUT2D eigenvalue weighted by atomic mass is 9.54. The zero-order valence-corrected chi connectivity index (χ0v) is 16.6. The predicted molar refractivity (Wildman–Crippen MR) is 103 cm³/mol. The number of nitrogens with zero attached hydrogens (tertiary/aromatic N) is 1. The first-order valence-electron chi connectivity index (χ1n) is 10.0. The third-order valence-electron chi connectivity index (χ3n) is 7.62. The Balaban J connectivity index is 1.79. The van der Waals surface area contributed by atoms with E-state index in [2.05, 4.69) is 13.8 Å². The Morgan fingerprint density at radius 3 is 2.81 bits per heavy atom. The van der Waals surface area contributed by atoms with Gasteiger partial charge in [0.1, 0.15) is 5.78 Å². The van der Waals surface area contributed by atoms with Crippen molar-refractivity contribution in [1.82, 2.24) is 0 Å². The highest BCUT2D eigenvalue weighted by atomic mass is 35.5. The van der Waals surface area contributed by atoms with Gasteiger partial charge in [0.05, 0.1) is 9.95 Å². The van der Waals surface area contributed by atoms with Crippen molar-refractivity contribution in [2.45, 2.75) is 64.7 Å². The van der Waals surface area contributed by atoms with Crippen molar-refractivity contribution in [3.8, 4) is 5.75 Å². The normalized spacial score (nSPS) is 34.7. The van der Waals surface area contributed by atoms with Gasteiger partial charge >= 0.3 is 5.69 Å². The molecule has 2 saturated carbocycles. The van der Waals surface area contributed by atoms with E-state index < -0.39 is 10.7 Å². The third-order valence-corrected chi connectivity index (χ3v) is 8.03. The molecule has 1 aromatic carbocycles. The molecule has 5 atom stereocenters. The number of halogens is 1. The first kappa shape index (κ1) is 18.7. The van der Waals surface area contributed by atoms with Crippen LogP contribution >= 0.6 is 11.6 Å². The van der Waals surface area contributed by atoms with Gasteiger partial charge in [0.15, 0.2) is 0 Å². The Labute approximate surface area is 164 Å². The number of aromatic hydroxyl groups is 1. The van der Waals surface area contributed by atoms with Crippen molar-refractivity contribution in [2.24, 2.45) is 23.2 Å². The third kappa shape index (κ3) is 2.61. The minimum atomic E-state index is -0.559. The highest BCUT2D eigenvalue weighted by Crippen LogP contribution is 2.63. The van der Waals surface area contributed by atoms with Gasteiger partial charge in [-0.15, -0.1) is 0 Å². The number of nitro groups is 1. The topological polar surface area (TPSA) is 80.4 Å². The molecule has 0 saturated heterocycles. The van der Waals surface area contributed by atoms with Crippen molar-refractivity contribution in [2.75, 3.05) is 0 Å². The maximum Gasteiger partial charge on any atom is 0.312 e. The molecule has 0 amide bonds. The van der Waals surface area contributed by atoms with E-state index in [1.165, 1.54) is 0 Å². The Morgan fingerprint density at radius 2 is 2.15 bits per heavy atom. The van der Waals surface area contributed by atoms with Gasteiger partial charge < -0.3 is 5.11 Å². The maximum atomic E-state index is 12.8. The van der Waals surface area contributed by atoms with Gasteiger partial charge in [-0.25, -0.2) is 0 Å². The summed E-state index contributed by atoms with van der Waals surface area (Å²) in [5.41, 5.74) is 1.24. The Kier molecular flexibility index (Phi) is 4.49. The number of benzene rings is 1. The lowest BCUT2D eigenvalue weighted by Crippen LogP contribution is -2.44. The molecule has 0 aliphatic heterocycles. The molecule has 2 fully saturated rings. The number of rotatable bonds is 3. The number of hydrogen-bond donors (Lipinski definition) is 1. The number of ketones is 1. The van der Waals surface area contributed by atoms with E-state index >= 15 is 0 Å². The van der Waals surface area contributed by atoms with Crippen molar-refractivity contribution < 1.29 is 14.8 Å². The molecule has 0 spiro atoms. The number of phenolic OH excluding ortho intramolecular Hbond substituents is 1. The van der Waals surface area contributed by atoms with Crippen LogP contribution in [-0.2, 0) is 11.2 Å². The molecular formula is C21H26ClNO4. The first-order chi connectivity index (χ1) is 12.8. The van der Waals surface area contributed by atoms with Crippen molar-refractivity contribution in [3.63, 3.8) is 0 Å². The number of carbonyl (C=O) groups is 1. The Hall–Kier alpha value is -1.62. The van der Waals surface area contributed by atoms with Crippen LogP contribution in [0.4, 0.5) is 5.69 Å². The fourth-order valence-corrected chi connectivity index (χ4v) is 6.79. The lowest BCUT2D eigenvalue weighted by molar-refractivity contribution is -0.386. The maximum absolute atomic E-state index is 12.8. The van der Waals surface area contributed by atoms with Crippen LogP contribution in [0.1, 0.15) is 69.4 Å². The largest absolute Gasteiger partial charge is 0.501 e. The van der Waals surface area contributed by atoms with Gasteiger partial charge in [0.2, 0.25) is 5.75 Å². The van der Waals surface area contributed by atoms with Crippen molar-refractivity contribution in [3.05, 3.63) is 32.3 Å². The van der Waals surface area contributed by atoms with Gasteiger partial charge in [-0.3, -0.25) is 14.9 Å². The summed E-state index contributed by atoms with van der Waals surface area (Å²) in [7, 11) is 0. The molecule has 3 aliphatic rings. The molecular weight excluding hydrogens is 366 g/mol. The second-order valence-corrected chi connectivity index (χ2v) is 9.23. The van der Waals surface area contributed by atoms with Crippen LogP contribution in [0, 0.1) is 33.3 Å². The highest BCUT2D eigenvalue weighted by molar-refractivity contribution is 6.33. The van der Waals surface area contributed by atoms with E-state index in [1.807, 2.05) is 0 Å². The minimum absolute atomic E-state index is 0.138. The fraction of sp³-hybridized carbons (Fsp3) is 0.667. The molecule has 0 bridgehead atoms. The number of phenols is 1. The molecule has 146 valence electrons. The van der Waals surface area contributed by atoms with Crippen LogP contribution in [0.3, 0.4) is 0 Å². The van der Waals surface area contributed by atoms with Gasteiger partial charge in [0, 0.05) is 17.9 Å². The van der Waals surface area contributed by atoms with Crippen molar-refractivity contribution in [1.29, 1.82) is 0 Å². The summed E-state index contributed by atoms with van der Waals surface area (Å²) in [5.74, 6) is 1.31. The van der Waals surface area contributed by atoms with Crippen LogP contribution in [0.15, 0.2) is 6.07 Å². The Morgan fingerprint density at radius 1 is 1.41 bits per heavy atom. The zero-order valence-electron chi connectivity index (χ0n) is 15.8. The molecule has 1 N–H and O–H groups in total. The molecule has 3 aliphatic carbocycles. The average molecular weight is 392 g/mol. The van der Waals surface area contributed by atoms with Crippen LogP contribution in [0.25, 0.3) is 0 Å². The molecule has 4 rings (SSSR count). The number of hydrogen-bond acceptors (Lipinski definition) is 4. The van der Waals surface area contributed by atoms with Crippen LogP contribution in [0.2, 0.25) is 5.02 Å². The van der Waals surface area contributed by atoms with E-state index in [1.54, 1.807) is 6.07 Å². The van der Waals surface area contributed by atoms with Crippen LogP contribution < -0.4 is 0 Å². The molecule has 0 heterocycles. The summed E-state index contributed by atoms with van der Waals surface area (Å²) in [6, 6.07) is 1.54. The SMILES string of the molecule is CCCC1CC(=O)C2(C)CCC3c4cc([N+](=O)[O-])c(O)c(Cl)c4CCC3C12. The molecule has 5 nitrogen and oxygen atoms in total. The summed E-state index contributed by atoms with van der Waals surface area (Å²) in [6.07, 6.45) is 6.16. The summed E-state index contributed by atoms with van der Waals surface area (Å²) in [4.78, 5) is 23.7. The summed E-state index contributed by atoms with van der Waals surface area (Å²) in [5, 5.41) is 21.7. The van der Waals surface area contributed by atoms with Gasteiger partial charge in [-0.05, 0) is 66.9 Å². The standard InChI is InChI=1S/C21H26ClNO4/c1-3-4-11-9-17(24)21(2)8-7-12-13(18(11)21)5-6-14-15(12)10-16(23(26)27)20(25)19(14)22/h10-13,18,25H,3-9H2,1-2H3. The van der Waals surface area contributed by atoms with Crippen LogP contribution in [-0.4, -0.2) is 15.8 Å². The van der Waals surface area contributed by atoms with Crippen molar-refractivity contribution >= 4 is 23.1 Å². The zero-order chi connectivity index (χ0) is 19.5. The number of fused-ring (bicyclic) bond motifs is 5. The smallest absolute Gasteiger partial charge is 0.312 e. The predicted octanol–water partition coefficient (Wildman–Crippen LogP) is 5.41. The van der Waals surface area contributed by atoms with E-state index in [4.69, 9.17) is 11.6 Å². The monoisotopic (exact) mass is 391 g/mol. The summed E-state index contributed by atoms with van der Waals surface area (Å²) >= 11 is 6.32. The molecule has 0 radical (unpaired) electrons. The van der Waals surface area contributed by atoms with E-state index in [9.17, 15) is 20.0 Å². The number of carbonyl (C=O) groups excluding carboxylic acids is 1. The van der Waals surface area contributed by atoms with E-state index in [-0.39, 0.29) is 22.0 Å².